The number of nitrogens with zero attached hydrogens (tertiary/aromatic N) is 1. The molecule has 0 saturated heterocycles. The first kappa shape index (κ1) is 17.7. The van der Waals surface area contributed by atoms with Crippen molar-refractivity contribution in [1.29, 1.82) is 0 Å². The summed E-state index contributed by atoms with van der Waals surface area (Å²) in [5.74, 6) is 0.210. The minimum Gasteiger partial charge on any atom is -0.390 e. The molecule has 0 aromatic heterocycles. The molecule has 0 spiro atoms. The lowest BCUT2D eigenvalue weighted by Crippen LogP contribution is -2.41. The van der Waals surface area contributed by atoms with Crippen LogP contribution in [0.5, 0.6) is 0 Å². The van der Waals surface area contributed by atoms with Crippen LogP contribution in [-0.2, 0) is 11.2 Å². The van der Waals surface area contributed by atoms with Gasteiger partial charge in [0.1, 0.15) is 0 Å². The van der Waals surface area contributed by atoms with Crippen molar-refractivity contribution in [1.82, 2.24) is 10.2 Å². The summed E-state index contributed by atoms with van der Waals surface area (Å²) in [6.45, 7) is 4.97. The van der Waals surface area contributed by atoms with Crippen LogP contribution in [0, 0.1) is 11.8 Å². The van der Waals surface area contributed by atoms with E-state index in [0.29, 0.717) is 13.1 Å². The zero-order valence-electron chi connectivity index (χ0n) is 13.5. The predicted octanol–water partition coefficient (Wildman–Crippen LogP) is 1.54. The van der Waals surface area contributed by atoms with Crippen molar-refractivity contribution in [2.24, 2.45) is 11.8 Å². The fraction of sp³-hybridized carbons (Fsp3) is 0.588. The van der Waals surface area contributed by atoms with Gasteiger partial charge in [-0.05, 0) is 32.0 Å². The van der Waals surface area contributed by atoms with E-state index in [-0.39, 0.29) is 17.7 Å². The van der Waals surface area contributed by atoms with Gasteiger partial charge in [0.15, 0.2) is 0 Å². The van der Waals surface area contributed by atoms with Crippen LogP contribution in [0.2, 0.25) is 0 Å². The summed E-state index contributed by atoms with van der Waals surface area (Å²) in [5.41, 5.74) is 1.17. The van der Waals surface area contributed by atoms with Crippen LogP contribution in [0.1, 0.15) is 19.4 Å². The molecule has 0 unspecified atom stereocenters. The zero-order chi connectivity index (χ0) is 15.8. The Hall–Kier alpha value is -1.39. The van der Waals surface area contributed by atoms with Gasteiger partial charge in [-0.1, -0.05) is 44.2 Å². The minimum absolute atomic E-state index is 0.0201. The van der Waals surface area contributed by atoms with Gasteiger partial charge in [-0.25, -0.2) is 0 Å². The van der Waals surface area contributed by atoms with Gasteiger partial charge < -0.3 is 15.3 Å². The molecule has 0 saturated carbocycles. The molecule has 4 heteroatoms. The number of likely N-dealkylation sites (N-methyl/N-ethyl adjacent to an activating group) is 1. The molecule has 118 valence electrons. The van der Waals surface area contributed by atoms with E-state index >= 15 is 0 Å². The number of benzene rings is 1. The van der Waals surface area contributed by atoms with Crippen molar-refractivity contribution in [3.63, 3.8) is 0 Å². The largest absolute Gasteiger partial charge is 0.390 e. The Kier molecular flexibility index (Phi) is 7.40. The first-order valence-electron chi connectivity index (χ1n) is 7.54. The number of hydrogen-bond acceptors (Lipinski definition) is 3. The second-order valence-corrected chi connectivity index (χ2v) is 6.20. The number of hydrogen-bond donors (Lipinski definition) is 2. The average molecular weight is 292 g/mol. The standard InChI is InChI=1S/C17H28N2O2/c1-13(2)16(10-14-8-6-5-7-9-14)17(21)18-11-15(20)12-19(3)4/h5-9,13,15-16,20H,10-12H2,1-4H3,(H,18,21)/t15-,16+/m1/s1. The van der Waals surface area contributed by atoms with Crippen molar-refractivity contribution in [3.8, 4) is 0 Å². The van der Waals surface area contributed by atoms with Crippen molar-refractivity contribution in [3.05, 3.63) is 35.9 Å². The molecule has 1 rings (SSSR count). The molecular weight excluding hydrogens is 264 g/mol. The number of amides is 1. The summed E-state index contributed by atoms with van der Waals surface area (Å²) in [6.07, 6.45) is 0.196. The third kappa shape index (κ3) is 6.74. The van der Waals surface area contributed by atoms with E-state index in [1.807, 2.05) is 49.3 Å². The summed E-state index contributed by atoms with van der Waals surface area (Å²) in [4.78, 5) is 14.2. The zero-order valence-corrected chi connectivity index (χ0v) is 13.5. The van der Waals surface area contributed by atoms with Crippen LogP contribution in [0.3, 0.4) is 0 Å². The van der Waals surface area contributed by atoms with E-state index in [4.69, 9.17) is 0 Å². The summed E-state index contributed by atoms with van der Waals surface area (Å²) >= 11 is 0. The molecule has 1 aromatic rings. The van der Waals surface area contributed by atoms with Gasteiger partial charge in [0.05, 0.1) is 6.10 Å². The van der Waals surface area contributed by atoms with Gasteiger partial charge >= 0.3 is 0 Å². The summed E-state index contributed by atoms with van der Waals surface area (Å²) in [6, 6.07) is 10.1. The maximum Gasteiger partial charge on any atom is 0.223 e. The second kappa shape index (κ2) is 8.80. The van der Waals surface area contributed by atoms with Crippen LogP contribution >= 0.6 is 0 Å². The Labute approximate surface area is 128 Å². The third-order valence-electron chi connectivity index (χ3n) is 3.53. The van der Waals surface area contributed by atoms with Crippen molar-refractivity contribution >= 4 is 5.91 Å². The van der Waals surface area contributed by atoms with E-state index < -0.39 is 6.10 Å². The second-order valence-electron chi connectivity index (χ2n) is 6.20. The summed E-state index contributed by atoms with van der Waals surface area (Å²) < 4.78 is 0. The van der Waals surface area contributed by atoms with Crippen LogP contribution in [0.4, 0.5) is 0 Å². The van der Waals surface area contributed by atoms with Crippen molar-refractivity contribution in [2.75, 3.05) is 27.2 Å². The number of aliphatic hydroxyl groups excluding tert-OH is 1. The van der Waals surface area contributed by atoms with Crippen molar-refractivity contribution in [2.45, 2.75) is 26.4 Å². The van der Waals surface area contributed by atoms with Crippen LogP contribution in [-0.4, -0.2) is 49.2 Å². The number of aliphatic hydroxyl groups is 1. The monoisotopic (exact) mass is 292 g/mol. The highest BCUT2D eigenvalue weighted by molar-refractivity contribution is 5.79. The molecule has 2 N–H and O–H groups in total. The average Bonchev–Trinajstić information content (AvgIpc) is 2.42. The third-order valence-corrected chi connectivity index (χ3v) is 3.53. The van der Waals surface area contributed by atoms with Gasteiger partial charge in [0, 0.05) is 19.0 Å². The van der Waals surface area contributed by atoms with E-state index in [1.54, 1.807) is 0 Å². The first-order chi connectivity index (χ1) is 9.90. The molecule has 2 atom stereocenters. The molecule has 21 heavy (non-hydrogen) atoms. The lowest BCUT2D eigenvalue weighted by atomic mass is 9.88. The molecule has 0 radical (unpaired) electrons. The Morgan fingerprint density at radius 3 is 2.38 bits per heavy atom. The van der Waals surface area contributed by atoms with Gasteiger partial charge in [0.25, 0.3) is 0 Å². The SMILES string of the molecule is CC(C)[C@H](Cc1ccccc1)C(=O)NC[C@@H](O)CN(C)C. The van der Waals surface area contributed by atoms with Crippen LogP contribution < -0.4 is 5.32 Å². The Morgan fingerprint density at radius 1 is 1.24 bits per heavy atom. The van der Waals surface area contributed by atoms with Gasteiger partial charge in [0.2, 0.25) is 5.91 Å². The highest BCUT2D eigenvalue weighted by atomic mass is 16.3. The molecule has 1 aromatic carbocycles. The normalized spacial score (nSPS) is 14.2. The van der Waals surface area contributed by atoms with E-state index in [9.17, 15) is 9.90 Å². The quantitative estimate of drug-likeness (QED) is 0.764. The molecule has 0 heterocycles. The van der Waals surface area contributed by atoms with E-state index in [2.05, 4.69) is 19.2 Å². The Bertz CT molecular complexity index is 418. The van der Waals surface area contributed by atoms with Crippen LogP contribution in [0.15, 0.2) is 30.3 Å². The van der Waals surface area contributed by atoms with Gasteiger partial charge in [-0.3, -0.25) is 4.79 Å². The molecule has 0 fully saturated rings. The minimum atomic E-state index is -0.534. The van der Waals surface area contributed by atoms with Gasteiger partial charge in [-0.2, -0.15) is 0 Å². The Morgan fingerprint density at radius 2 is 1.86 bits per heavy atom. The number of carbonyl (C=O) groups is 1. The topological polar surface area (TPSA) is 52.6 Å². The Balaban J connectivity index is 2.54. The number of rotatable bonds is 8. The summed E-state index contributed by atoms with van der Waals surface area (Å²) in [5, 5.41) is 12.7. The lowest BCUT2D eigenvalue weighted by Gasteiger charge is -2.22. The molecule has 0 aliphatic carbocycles. The highest BCUT2D eigenvalue weighted by Crippen LogP contribution is 2.17. The molecule has 4 nitrogen and oxygen atoms in total. The smallest absolute Gasteiger partial charge is 0.223 e. The predicted molar refractivity (Wildman–Crippen MR) is 86.0 cm³/mol. The highest BCUT2D eigenvalue weighted by Gasteiger charge is 2.22. The molecular formula is C17H28N2O2. The molecule has 0 bridgehead atoms. The van der Waals surface area contributed by atoms with Crippen molar-refractivity contribution < 1.29 is 9.90 Å². The van der Waals surface area contributed by atoms with E-state index in [1.165, 1.54) is 5.56 Å². The first-order valence-corrected chi connectivity index (χ1v) is 7.54. The molecule has 0 aliphatic heterocycles. The molecule has 0 aliphatic rings. The summed E-state index contributed by atoms with van der Waals surface area (Å²) in [7, 11) is 3.80. The number of carbonyl (C=O) groups excluding carboxylic acids is 1. The van der Waals surface area contributed by atoms with Crippen LogP contribution in [0.25, 0.3) is 0 Å². The maximum atomic E-state index is 12.3. The maximum absolute atomic E-state index is 12.3. The fourth-order valence-electron chi connectivity index (χ4n) is 2.33. The number of nitrogens with one attached hydrogen (secondary N) is 1. The lowest BCUT2D eigenvalue weighted by molar-refractivity contribution is -0.126. The fourth-order valence-corrected chi connectivity index (χ4v) is 2.33. The van der Waals surface area contributed by atoms with Gasteiger partial charge in [-0.15, -0.1) is 0 Å². The molecule has 1 amide bonds. The van der Waals surface area contributed by atoms with E-state index in [0.717, 1.165) is 6.42 Å².